The van der Waals surface area contributed by atoms with Crippen LogP contribution in [0.3, 0.4) is 0 Å². The number of anilines is 1. The first kappa shape index (κ1) is 19.6. The fourth-order valence-electron chi connectivity index (χ4n) is 2.60. The van der Waals surface area contributed by atoms with Gasteiger partial charge in [-0.05, 0) is 24.3 Å². The van der Waals surface area contributed by atoms with Crippen molar-refractivity contribution in [1.29, 1.82) is 0 Å². The first-order chi connectivity index (χ1) is 12.4. The number of hydrogen-bond acceptors (Lipinski definition) is 9. The summed E-state index contributed by atoms with van der Waals surface area (Å²) in [5.41, 5.74) is 0. The molecule has 1 unspecified atom stereocenters. The molecule has 1 N–H and O–H groups in total. The minimum absolute atomic E-state index is 0.0665. The Balaban J connectivity index is 1.41. The molecular weight excluding hydrogens is 412 g/mol. The molecule has 26 heavy (non-hydrogen) atoms. The average molecular weight is 433 g/mol. The molecule has 0 radical (unpaired) electrons. The van der Waals surface area contributed by atoms with Crippen LogP contribution in [0.4, 0.5) is 5.13 Å². The van der Waals surface area contributed by atoms with Gasteiger partial charge in [0.05, 0.1) is 17.3 Å². The third-order valence-corrected chi connectivity index (χ3v) is 8.79. The molecule has 1 amide bonds. The summed E-state index contributed by atoms with van der Waals surface area (Å²) in [4.78, 5) is 15.1. The van der Waals surface area contributed by atoms with E-state index in [1.165, 1.54) is 28.0 Å². The monoisotopic (exact) mass is 432 g/mol. The highest BCUT2D eigenvalue weighted by Crippen LogP contribution is 2.26. The molecule has 1 fully saturated rings. The van der Waals surface area contributed by atoms with Gasteiger partial charge in [-0.15, -0.1) is 21.5 Å². The van der Waals surface area contributed by atoms with E-state index in [9.17, 15) is 13.2 Å². The lowest BCUT2D eigenvalue weighted by Gasteiger charge is -2.22. The van der Waals surface area contributed by atoms with Gasteiger partial charge < -0.3 is 10.2 Å². The molecule has 2 aromatic rings. The molecule has 0 aliphatic carbocycles. The summed E-state index contributed by atoms with van der Waals surface area (Å²) in [6.45, 7) is 0.789. The molecule has 1 saturated heterocycles. The highest BCUT2D eigenvalue weighted by Gasteiger charge is 2.32. The highest BCUT2D eigenvalue weighted by atomic mass is 32.2. The number of hydrogen-bond donors (Lipinski definition) is 1. The Morgan fingerprint density at radius 2 is 2.31 bits per heavy atom. The van der Waals surface area contributed by atoms with Gasteiger partial charge in [-0.3, -0.25) is 4.79 Å². The first-order valence-electron chi connectivity index (χ1n) is 8.11. The number of amides is 1. The van der Waals surface area contributed by atoms with Crippen LogP contribution in [0.25, 0.3) is 0 Å². The van der Waals surface area contributed by atoms with Gasteiger partial charge in [0, 0.05) is 24.5 Å². The Bertz CT molecular complexity index is 835. The molecule has 3 heterocycles. The predicted molar refractivity (Wildman–Crippen MR) is 107 cm³/mol. The van der Waals surface area contributed by atoms with Crippen LogP contribution < -0.4 is 5.32 Å². The fourth-order valence-corrected chi connectivity index (χ4v) is 6.78. The molecule has 0 aromatic carbocycles. The van der Waals surface area contributed by atoms with Crippen molar-refractivity contribution in [2.24, 2.45) is 0 Å². The number of sulfone groups is 1. The van der Waals surface area contributed by atoms with Gasteiger partial charge in [0.1, 0.15) is 0 Å². The average Bonchev–Trinajstić information content (AvgIpc) is 3.33. The second-order valence-corrected chi connectivity index (χ2v) is 11.4. The number of aromatic nitrogens is 2. The van der Waals surface area contributed by atoms with Crippen LogP contribution in [0.15, 0.2) is 21.9 Å². The number of carbonyl (C=O) groups excluding carboxylic acids is 1. The largest absolute Gasteiger partial charge is 0.360 e. The zero-order chi connectivity index (χ0) is 18.6. The van der Waals surface area contributed by atoms with E-state index in [0.29, 0.717) is 6.42 Å². The number of nitrogens with one attached hydrogen (secondary N) is 1. The summed E-state index contributed by atoms with van der Waals surface area (Å²) >= 11 is 4.49. The van der Waals surface area contributed by atoms with Crippen molar-refractivity contribution < 1.29 is 13.2 Å². The molecule has 7 nitrogen and oxygen atoms in total. The Morgan fingerprint density at radius 1 is 1.46 bits per heavy atom. The van der Waals surface area contributed by atoms with Crippen LogP contribution >= 0.6 is 34.4 Å². The van der Waals surface area contributed by atoms with E-state index in [0.717, 1.165) is 22.4 Å². The lowest BCUT2D eigenvalue weighted by atomic mass is 10.2. The number of thioether (sulfide) groups is 1. The maximum absolute atomic E-state index is 12.3. The van der Waals surface area contributed by atoms with Crippen molar-refractivity contribution in [3.63, 3.8) is 0 Å². The molecule has 0 saturated carbocycles. The smallest absolute Gasteiger partial charge is 0.233 e. The third-order valence-electron chi connectivity index (χ3n) is 4.10. The lowest BCUT2D eigenvalue weighted by molar-refractivity contribution is -0.128. The number of thiophene rings is 1. The quantitative estimate of drug-likeness (QED) is 0.638. The summed E-state index contributed by atoms with van der Waals surface area (Å²) in [7, 11) is -1.32. The molecule has 1 aliphatic rings. The van der Waals surface area contributed by atoms with E-state index in [-0.39, 0.29) is 29.2 Å². The van der Waals surface area contributed by atoms with E-state index in [2.05, 4.69) is 27.0 Å². The molecular formula is C15H20N4O3S4. The van der Waals surface area contributed by atoms with E-state index in [4.69, 9.17) is 0 Å². The van der Waals surface area contributed by atoms with Crippen molar-refractivity contribution in [3.8, 4) is 0 Å². The molecule has 0 spiro atoms. The van der Waals surface area contributed by atoms with Gasteiger partial charge in [0.25, 0.3) is 0 Å². The lowest BCUT2D eigenvalue weighted by Crippen LogP contribution is -2.38. The zero-order valence-electron chi connectivity index (χ0n) is 14.3. The molecule has 0 bridgehead atoms. The SMILES string of the molecule is CN(C(=O)CSc1nnc(NCCc2cccs2)s1)C1CCS(=O)(=O)C1. The molecule has 1 aliphatic heterocycles. The number of carbonyl (C=O) groups is 1. The molecule has 2 aromatic heterocycles. The third kappa shape index (κ3) is 5.41. The van der Waals surface area contributed by atoms with Crippen molar-refractivity contribution >= 4 is 55.3 Å². The van der Waals surface area contributed by atoms with Crippen LogP contribution in [0.5, 0.6) is 0 Å². The second kappa shape index (κ2) is 8.68. The van der Waals surface area contributed by atoms with Gasteiger partial charge in [-0.1, -0.05) is 29.2 Å². The minimum Gasteiger partial charge on any atom is -0.360 e. The van der Waals surface area contributed by atoms with Gasteiger partial charge in [0.2, 0.25) is 11.0 Å². The zero-order valence-corrected chi connectivity index (χ0v) is 17.5. The number of nitrogens with zero attached hydrogens (tertiary/aromatic N) is 3. The second-order valence-electron chi connectivity index (χ2n) is 5.98. The highest BCUT2D eigenvalue weighted by molar-refractivity contribution is 8.01. The van der Waals surface area contributed by atoms with Crippen molar-refractivity contribution in [1.82, 2.24) is 15.1 Å². The van der Waals surface area contributed by atoms with Crippen molar-refractivity contribution in [2.45, 2.75) is 23.2 Å². The maximum atomic E-state index is 12.3. The Kier molecular flexibility index (Phi) is 6.54. The summed E-state index contributed by atoms with van der Waals surface area (Å²) in [5, 5.41) is 14.2. The summed E-state index contributed by atoms with van der Waals surface area (Å²) in [6, 6.07) is 3.93. The van der Waals surface area contributed by atoms with Crippen LogP contribution in [0.2, 0.25) is 0 Å². The molecule has 3 rings (SSSR count). The van der Waals surface area contributed by atoms with Crippen molar-refractivity contribution in [3.05, 3.63) is 22.4 Å². The minimum atomic E-state index is -2.99. The van der Waals surface area contributed by atoms with E-state index in [1.54, 1.807) is 23.3 Å². The molecule has 11 heteroatoms. The number of rotatable bonds is 8. The van der Waals surface area contributed by atoms with Crippen LogP contribution in [0, 0.1) is 0 Å². The van der Waals surface area contributed by atoms with Gasteiger partial charge in [0.15, 0.2) is 14.2 Å². The normalized spacial score (nSPS) is 18.7. The van der Waals surface area contributed by atoms with Crippen molar-refractivity contribution in [2.75, 3.05) is 36.2 Å². The summed E-state index contributed by atoms with van der Waals surface area (Å²) in [5.74, 6) is 0.382. The maximum Gasteiger partial charge on any atom is 0.233 e. The predicted octanol–water partition coefficient (Wildman–Crippen LogP) is 1.99. The fraction of sp³-hybridized carbons (Fsp3) is 0.533. The van der Waals surface area contributed by atoms with Gasteiger partial charge in [-0.2, -0.15) is 0 Å². The van der Waals surface area contributed by atoms with Crippen LogP contribution in [0.1, 0.15) is 11.3 Å². The Morgan fingerprint density at radius 3 is 3.00 bits per heavy atom. The summed E-state index contributed by atoms with van der Waals surface area (Å²) in [6.07, 6.45) is 1.46. The topological polar surface area (TPSA) is 92.3 Å². The van der Waals surface area contributed by atoms with E-state index in [1.807, 2.05) is 6.07 Å². The Labute approximate surface area is 165 Å². The summed E-state index contributed by atoms with van der Waals surface area (Å²) < 4.78 is 23.8. The Hall–Kier alpha value is -1.17. The molecule has 142 valence electrons. The first-order valence-corrected chi connectivity index (χ1v) is 12.6. The van der Waals surface area contributed by atoms with Crippen LogP contribution in [-0.2, 0) is 21.1 Å². The van der Waals surface area contributed by atoms with Gasteiger partial charge in [-0.25, -0.2) is 8.42 Å². The van der Waals surface area contributed by atoms with Gasteiger partial charge >= 0.3 is 0 Å². The molecule has 1 atom stereocenters. The standard InChI is InChI=1S/C15H20N4O3S4/c1-19(11-5-8-26(21,22)10-11)13(20)9-24-15-18-17-14(25-15)16-6-4-12-3-2-7-23-12/h2-3,7,11H,4-6,8-10H2,1H3,(H,16,17). The van der Waals surface area contributed by atoms with E-state index < -0.39 is 9.84 Å². The van der Waals surface area contributed by atoms with Crippen LogP contribution in [-0.4, -0.2) is 66.3 Å². The van der Waals surface area contributed by atoms with E-state index >= 15 is 0 Å².